The normalized spacial score (nSPS) is 12.2. The van der Waals surface area contributed by atoms with Crippen molar-refractivity contribution in [2.75, 3.05) is 11.5 Å². The lowest BCUT2D eigenvalue weighted by Crippen LogP contribution is -2.43. The molecule has 1 amide bonds. The maximum Gasteiger partial charge on any atom is 0.235 e. The molecule has 0 aliphatic heterocycles. The number of carbonyl (C=O) groups excluding carboxylic acids is 1. The van der Waals surface area contributed by atoms with Gasteiger partial charge in [0, 0.05) is 5.54 Å². The number of nitrogens with two attached hydrogens (primary N) is 1. The molecule has 1 aromatic carbocycles. The van der Waals surface area contributed by atoms with E-state index in [1.54, 1.807) is 20.8 Å². The van der Waals surface area contributed by atoms with Gasteiger partial charge in [0.15, 0.2) is 9.84 Å². The maximum atomic E-state index is 13.2. The number of anilines is 1. The van der Waals surface area contributed by atoms with Crippen molar-refractivity contribution in [1.29, 1.82) is 0 Å². The van der Waals surface area contributed by atoms with E-state index in [1.165, 1.54) is 6.07 Å². The summed E-state index contributed by atoms with van der Waals surface area (Å²) in [6.07, 6.45) is 0. The van der Waals surface area contributed by atoms with Crippen molar-refractivity contribution in [2.45, 2.75) is 31.2 Å². The van der Waals surface area contributed by atoms with Gasteiger partial charge in [0.1, 0.15) is 11.6 Å². The highest BCUT2D eigenvalue weighted by Gasteiger charge is 2.23. The Hall–Kier alpha value is -1.63. The molecule has 0 atom stereocenters. The summed E-state index contributed by atoms with van der Waals surface area (Å²) in [6, 6.07) is 3.15. The predicted octanol–water partition coefficient (Wildman–Crippen LogP) is 1.10. The van der Waals surface area contributed by atoms with Gasteiger partial charge >= 0.3 is 0 Å². The third-order valence-electron chi connectivity index (χ3n) is 2.17. The Morgan fingerprint density at radius 2 is 1.95 bits per heavy atom. The van der Waals surface area contributed by atoms with Crippen molar-refractivity contribution in [3.8, 4) is 0 Å². The first-order valence-corrected chi connectivity index (χ1v) is 7.25. The van der Waals surface area contributed by atoms with Gasteiger partial charge in [0.05, 0.1) is 10.6 Å². The van der Waals surface area contributed by atoms with Crippen LogP contribution in [0, 0.1) is 5.82 Å². The summed E-state index contributed by atoms with van der Waals surface area (Å²) in [7, 11) is -3.88. The van der Waals surface area contributed by atoms with Crippen LogP contribution in [0.25, 0.3) is 0 Å². The molecule has 0 aliphatic carbocycles. The Bertz CT molecular complexity index is 591. The highest BCUT2D eigenvalue weighted by atomic mass is 32.2. The van der Waals surface area contributed by atoms with E-state index in [2.05, 4.69) is 5.32 Å². The fourth-order valence-corrected chi connectivity index (χ4v) is 2.55. The third kappa shape index (κ3) is 4.51. The highest BCUT2D eigenvalue weighted by molar-refractivity contribution is 7.92. The van der Waals surface area contributed by atoms with Gasteiger partial charge in [0.2, 0.25) is 5.91 Å². The van der Waals surface area contributed by atoms with Gasteiger partial charge in [-0.3, -0.25) is 4.79 Å². The van der Waals surface area contributed by atoms with E-state index in [-0.39, 0.29) is 10.6 Å². The Kier molecular flexibility index (Phi) is 4.19. The summed E-state index contributed by atoms with van der Waals surface area (Å²) in [5, 5.41) is 2.53. The molecular formula is C12H17FN2O3S. The van der Waals surface area contributed by atoms with E-state index in [0.29, 0.717) is 0 Å². The van der Waals surface area contributed by atoms with Crippen LogP contribution in [0.1, 0.15) is 20.8 Å². The molecule has 0 radical (unpaired) electrons. The minimum atomic E-state index is -3.88. The predicted molar refractivity (Wildman–Crippen MR) is 70.8 cm³/mol. The van der Waals surface area contributed by atoms with Crippen LogP contribution < -0.4 is 11.1 Å². The number of rotatable bonds is 3. The molecule has 3 N–H and O–H groups in total. The monoisotopic (exact) mass is 288 g/mol. The topological polar surface area (TPSA) is 89.3 Å². The third-order valence-corrected chi connectivity index (χ3v) is 3.78. The standard InChI is InChI=1S/C12H17FN2O3S/c1-12(2,3)15-11(16)7-19(17,18)8-4-5-10(14)9(13)6-8/h4-6H,7,14H2,1-3H3,(H,15,16). The van der Waals surface area contributed by atoms with Gasteiger partial charge in [-0.05, 0) is 39.0 Å². The number of carbonyl (C=O) groups is 1. The molecule has 0 bridgehead atoms. The summed E-state index contributed by atoms with van der Waals surface area (Å²) in [4.78, 5) is 11.3. The fourth-order valence-electron chi connectivity index (χ4n) is 1.41. The molecular weight excluding hydrogens is 271 g/mol. The Balaban J connectivity index is 2.93. The van der Waals surface area contributed by atoms with Crippen LogP contribution >= 0.6 is 0 Å². The van der Waals surface area contributed by atoms with Gasteiger partial charge in [-0.2, -0.15) is 0 Å². The summed E-state index contributed by atoms with van der Waals surface area (Å²) in [5.41, 5.74) is 4.60. The first-order valence-electron chi connectivity index (χ1n) is 5.60. The van der Waals surface area contributed by atoms with Crippen LogP contribution in [0.4, 0.5) is 10.1 Å². The molecule has 0 fully saturated rings. The number of nitrogen functional groups attached to an aromatic ring is 1. The largest absolute Gasteiger partial charge is 0.396 e. The molecule has 1 rings (SSSR count). The molecule has 7 heteroatoms. The Labute approximate surface area is 111 Å². The van der Waals surface area contributed by atoms with Crippen LogP contribution in [-0.2, 0) is 14.6 Å². The number of amides is 1. The molecule has 0 saturated carbocycles. The van der Waals surface area contributed by atoms with Crippen molar-refractivity contribution in [2.24, 2.45) is 0 Å². The molecule has 0 saturated heterocycles. The second kappa shape index (κ2) is 5.16. The van der Waals surface area contributed by atoms with Gasteiger partial charge in [-0.15, -0.1) is 0 Å². The van der Waals surface area contributed by atoms with Crippen LogP contribution in [0.2, 0.25) is 0 Å². The number of hydrogen-bond acceptors (Lipinski definition) is 4. The summed E-state index contributed by atoms with van der Waals surface area (Å²) in [6.45, 7) is 5.21. The quantitative estimate of drug-likeness (QED) is 0.815. The van der Waals surface area contributed by atoms with Gasteiger partial charge in [-0.25, -0.2) is 12.8 Å². The summed E-state index contributed by atoms with van der Waals surface area (Å²) in [5.74, 6) is -2.18. The zero-order valence-electron chi connectivity index (χ0n) is 11.0. The zero-order chi connectivity index (χ0) is 14.8. The number of nitrogens with one attached hydrogen (secondary N) is 1. The molecule has 0 aromatic heterocycles. The number of hydrogen-bond donors (Lipinski definition) is 2. The van der Waals surface area contributed by atoms with Gasteiger partial charge in [-0.1, -0.05) is 0 Å². The van der Waals surface area contributed by atoms with Crippen LogP contribution in [-0.4, -0.2) is 25.6 Å². The molecule has 0 heterocycles. The van der Waals surface area contributed by atoms with Crippen molar-refractivity contribution < 1.29 is 17.6 Å². The fraction of sp³-hybridized carbons (Fsp3) is 0.417. The smallest absolute Gasteiger partial charge is 0.235 e. The summed E-state index contributed by atoms with van der Waals surface area (Å²) < 4.78 is 37.1. The average Bonchev–Trinajstić information content (AvgIpc) is 2.17. The van der Waals surface area contributed by atoms with Crippen molar-refractivity contribution in [1.82, 2.24) is 5.32 Å². The Morgan fingerprint density at radius 1 is 1.37 bits per heavy atom. The molecule has 0 aliphatic rings. The van der Waals surface area contributed by atoms with Crippen LogP contribution in [0.3, 0.4) is 0 Å². The SMILES string of the molecule is CC(C)(C)NC(=O)CS(=O)(=O)c1ccc(N)c(F)c1. The molecule has 1 aromatic rings. The molecule has 106 valence electrons. The van der Waals surface area contributed by atoms with E-state index < -0.39 is 32.9 Å². The van der Waals surface area contributed by atoms with Gasteiger partial charge < -0.3 is 11.1 Å². The van der Waals surface area contributed by atoms with Crippen molar-refractivity contribution in [3.05, 3.63) is 24.0 Å². The van der Waals surface area contributed by atoms with E-state index in [4.69, 9.17) is 5.73 Å². The van der Waals surface area contributed by atoms with Crippen molar-refractivity contribution >= 4 is 21.4 Å². The molecule has 0 unspecified atom stereocenters. The zero-order valence-corrected chi connectivity index (χ0v) is 11.8. The number of sulfone groups is 1. The minimum absolute atomic E-state index is 0.141. The second-order valence-corrected chi connectivity index (χ2v) is 7.23. The van der Waals surface area contributed by atoms with E-state index in [9.17, 15) is 17.6 Å². The van der Waals surface area contributed by atoms with E-state index in [1.807, 2.05) is 0 Å². The molecule has 19 heavy (non-hydrogen) atoms. The first kappa shape index (κ1) is 15.4. The lowest BCUT2D eigenvalue weighted by molar-refractivity contribution is -0.120. The maximum absolute atomic E-state index is 13.2. The van der Waals surface area contributed by atoms with Gasteiger partial charge in [0.25, 0.3) is 0 Å². The van der Waals surface area contributed by atoms with Crippen LogP contribution in [0.5, 0.6) is 0 Å². The Morgan fingerprint density at radius 3 is 2.42 bits per heavy atom. The lowest BCUT2D eigenvalue weighted by atomic mass is 10.1. The molecule has 0 spiro atoms. The average molecular weight is 288 g/mol. The number of halogens is 1. The highest BCUT2D eigenvalue weighted by Crippen LogP contribution is 2.17. The van der Waals surface area contributed by atoms with Crippen molar-refractivity contribution in [3.63, 3.8) is 0 Å². The van der Waals surface area contributed by atoms with Crippen LogP contribution in [0.15, 0.2) is 23.1 Å². The molecule has 5 nitrogen and oxygen atoms in total. The van der Waals surface area contributed by atoms with E-state index in [0.717, 1.165) is 12.1 Å². The minimum Gasteiger partial charge on any atom is -0.396 e. The second-order valence-electron chi connectivity index (χ2n) is 5.24. The van der Waals surface area contributed by atoms with E-state index >= 15 is 0 Å². The number of benzene rings is 1. The first-order chi connectivity index (χ1) is 8.51. The summed E-state index contributed by atoms with van der Waals surface area (Å²) >= 11 is 0. The lowest BCUT2D eigenvalue weighted by Gasteiger charge is -2.20.